The van der Waals surface area contributed by atoms with Gasteiger partial charge in [-0.3, -0.25) is 4.79 Å². The van der Waals surface area contributed by atoms with Crippen LogP contribution in [0.4, 0.5) is 0 Å². The predicted octanol–water partition coefficient (Wildman–Crippen LogP) is 5.24. The van der Waals surface area contributed by atoms with Gasteiger partial charge < -0.3 is 9.64 Å². The standard InChI is InChI=1S/C25H33NO2/c1-21(27)26(19-23-12-8-5-9-13-23)16-14-25(15-17-28-24(2,3)20-25)18-22-10-6-4-7-11-22/h4-13H,14-20H2,1-3H3/t25-/m1/s1. The molecule has 0 spiro atoms. The number of ether oxygens (including phenoxy) is 1. The lowest BCUT2D eigenvalue weighted by atomic mass is 9.68. The van der Waals surface area contributed by atoms with Gasteiger partial charge in [-0.1, -0.05) is 60.7 Å². The first-order chi connectivity index (χ1) is 13.4. The first-order valence-corrected chi connectivity index (χ1v) is 10.3. The molecule has 0 bridgehead atoms. The molecule has 0 aliphatic carbocycles. The molecule has 2 aromatic carbocycles. The van der Waals surface area contributed by atoms with Crippen LogP contribution in [0.1, 0.15) is 51.2 Å². The highest BCUT2D eigenvalue weighted by Gasteiger charge is 2.41. The molecule has 3 heteroatoms. The zero-order chi connectivity index (χ0) is 20.0. The molecule has 150 valence electrons. The lowest BCUT2D eigenvalue weighted by molar-refractivity contribution is -0.131. The number of amides is 1. The van der Waals surface area contributed by atoms with Crippen molar-refractivity contribution in [3.63, 3.8) is 0 Å². The van der Waals surface area contributed by atoms with Crippen LogP contribution < -0.4 is 0 Å². The minimum absolute atomic E-state index is 0.118. The van der Waals surface area contributed by atoms with E-state index in [1.807, 2.05) is 23.1 Å². The summed E-state index contributed by atoms with van der Waals surface area (Å²) in [6, 6.07) is 21.0. The Balaban J connectivity index is 1.75. The summed E-state index contributed by atoms with van der Waals surface area (Å²) >= 11 is 0. The summed E-state index contributed by atoms with van der Waals surface area (Å²) in [5.74, 6) is 0.144. The topological polar surface area (TPSA) is 29.5 Å². The molecule has 3 rings (SSSR count). The van der Waals surface area contributed by atoms with Gasteiger partial charge in [0.15, 0.2) is 0 Å². The third-order valence-electron chi connectivity index (χ3n) is 5.92. The molecule has 3 nitrogen and oxygen atoms in total. The molecular weight excluding hydrogens is 346 g/mol. The lowest BCUT2D eigenvalue weighted by Gasteiger charge is -2.46. The third-order valence-corrected chi connectivity index (χ3v) is 5.92. The Morgan fingerprint density at radius 2 is 1.61 bits per heavy atom. The summed E-state index contributed by atoms with van der Waals surface area (Å²) < 4.78 is 6.03. The number of benzene rings is 2. The molecule has 0 N–H and O–H groups in total. The van der Waals surface area contributed by atoms with Crippen LogP contribution in [-0.4, -0.2) is 29.6 Å². The fraction of sp³-hybridized carbons (Fsp3) is 0.480. The van der Waals surface area contributed by atoms with Crippen LogP contribution >= 0.6 is 0 Å². The van der Waals surface area contributed by atoms with Crippen molar-refractivity contribution >= 4 is 5.91 Å². The number of nitrogens with zero attached hydrogens (tertiary/aromatic N) is 1. The van der Waals surface area contributed by atoms with E-state index in [2.05, 4.69) is 56.3 Å². The van der Waals surface area contributed by atoms with Crippen molar-refractivity contribution in [1.29, 1.82) is 0 Å². The summed E-state index contributed by atoms with van der Waals surface area (Å²) in [7, 11) is 0. The summed E-state index contributed by atoms with van der Waals surface area (Å²) in [6.07, 6.45) is 4.10. The molecule has 1 heterocycles. The maximum Gasteiger partial charge on any atom is 0.219 e. The van der Waals surface area contributed by atoms with Crippen LogP contribution in [0.25, 0.3) is 0 Å². The molecule has 0 unspecified atom stereocenters. The molecule has 0 aromatic heterocycles. The molecule has 1 fully saturated rings. The molecule has 1 saturated heterocycles. The van der Waals surface area contributed by atoms with Crippen molar-refractivity contribution in [3.05, 3.63) is 71.8 Å². The average Bonchev–Trinajstić information content (AvgIpc) is 2.66. The Morgan fingerprint density at radius 3 is 2.18 bits per heavy atom. The number of hydrogen-bond donors (Lipinski definition) is 0. The van der Waals surface area contributed by atoms with E-state index in [0.717, 1.165) is 38.8 Å². The maximum absolute atomic E-state index is 12.3. The first-order valence-electron chi connectivity index (χ1n) is 10.3. The van der Waals surface area contributed by atoms with Gasteiger partial charge in [-0.2, -0.15) is 0 Å². The van der Waals surface area contributed by atoms with Gasteiger partial charge in [-0.15, -0.1) is 0 Å². The lowest BCUT2D eigenvalue weighted by Crippen LogP contribution is -2.44. The van der Waals surface area contributed by atoms with Gasteiger partial charge in [-0.05, 0) is 56.1 Å². The molecule has 0 saturated carbocycles. The van der Waals surface area contributed by atoms with Crippen molar-refractivity contribution < 1.29 is 9.53 Å². The van der Waals surface area contributed by atoms with Gasteiger partial charge in [0, 0.05) is 26.6 Å². The smallest absolute Gasteiger partial charge is 0.219 e. The molecule has 1 atom stereocenters. The van der Waals surface area contributed by atoms with Crippen molar-refractivity contribution in [2.45, 2.75) is 58.6 Å². The Morgan fingerprint density at radius 1 is 1.00 bits per heavy atom. The minimum Gasteiger partial charge on any atom is -0.376 e. The predicted molar refractivity (Wildman–Crippen MR) is 114 cm³/mol. The van der Waals surface area contributed by atoms with Gasteiger partial charge in [0.25, 0.3) is 0 Å². The number of rotatable bonds is 7. The Bertz CT molecular complexity index is 757. The second kappa shape index (κ2) is 8.91. The van der Waals surface area contributed by atoms with Gasteiger partial charge in [0.2, 0.25) is 5.91 Å². The SMILES string of the molecule is CC(=O)N(CC[C@]1(Cc2ccccc2)CCOC(C)(C)C1)Cc1ccccc1. The van der Waals surface area contributed by atoms with E-state index in [-0.39, 0.29) is 16.9 Å². The van der Waals surface area contributed by atoms with Crippen molar-refractivity contribution in [1.82, 2.24) is 4.90 Å². The van der Waals surface area contributed by atoms with Crippen molar-refractivity contribution in [3.8, 4) is 0 Å². The quantitative estimate of drug-likeness (QED) is 0.658. The number of hydrogen-bond acceptors (Lipinski definition) is 2. The van der Waals surface area contributed by atoms with E-state index < -0.39 is 0 Å². The van der Waals surface area contributed by atoms with E-state index in [0.29, 0.717) is 6.54 Å². The van der Waals surface area contributed by atoms with E-state index in [9.17, 15) is 4.79 Å². The maximum atomic E-state index is 12.3. The molecule has 2 aromatic rings. The Kier molecular flexibility index (Phi) is 6.56. The van der Waals surface area contributed by atoms with Gasteiger partial charge in [-0.25, -0.2) is 0 Å². The van der Waals surface area contributed by atoms with Gasteiger partial charge in [0.05, 0.1) is 5.60 Å². The molecule has 0 radical (unpaired) electrons. The van der Waals surface area contributed by atoms with Gasteiger partial charge in [0.1, 0.15) is 0 Å². The second-order valence-corrected chi connectivity index (χ2v) is 8.87. The van der Waals surface area contributed by atoms with Crippen LogP contribution in [0.15, 0.2) is 60.7 Å². The van der Waals surface area contributed by atoms with E-state index >= 15 is 0 Å². The molecular formula is C25H33NO2. The van der Waals surface area contributed by atoms with E-state index in [1.165, 1.54) is 11.1 Å². The molecule has 1 amide bonds. The molecule has 28 heavy (non-hydrogen) atoms. The monoisotopic (exact) mass is 379 g/mol. The number of carbonyl (C=O) groups is 1. The van der Waals surface area contributed by atoms with E-state index in [4.69, 9.17) is 4.74 Å². The van der Waals surface area contributed by atoms with Crippen LogP contribution in [-0.2, 0) is 22.5 Å². The Hall–Kier alpha value is -2.13. The summed E-state index contributed by atoms with van der Waals surface area (Å²) in [5.41, 5.74) is 2.60. The second-order valence-electron chi connectivity index (χ2n) is 8.87. The Labute approximate surface area is 169 Å². The van der Waals surface area contributed by atoms with E-state index in [1.54, 1.807) is 6.92 Å². The largest absolute Gasteiger partial charge is 0.376 e. The highest BCUT2D eigenvalue weighted by molar-refractivity contribution is 5.73. The van der Waals surface area contributed by atoms with Gasteiger partial charge >= 0.3 is 0 Å². The highest BCUT2D eigenvalue weighted by atomic mass is 16.5. The zero-order valence-electron chi connectivity index (χ0n) is 17.5. The van der Waals surface area contributed by atoms with Crippen molar-refractivity contribution in [2.75, 3.05) is 13.2 Å². The molecule has 1 aliphatic rings. The highest BCUT2D eigenvalue weighted by Crippen LogP contribution is 2.44. The van der Waals surface area contributed by atoms with Crippen LogP contribution in [0.5, 0.6) is 0 Å². The fourth-order valence-corrected chi connectivity index (χ4v) is 4.59. The molecule has 1 aliphatic heterocycles. The number of carbonyl (C=O) groups excluding carboxylic acids is 1. The van der Waals surface area contributed by atoms with Crippen LogP contribution in [0.2, 0.25) is 0 Å². The summed E-state index contributed by atoms with van der Waals surface area (Å²) in [4.78, 5) is 14.3. The zero-order valence-corrected chi connectivity index (χ0v) is 17.5. The van der Waals surface area contributed by atoms with Crippen LogP contribution in [0.3, 0.4) is 0 Å². The summed E-state index contributed by atoms with van der Waals surface area (Å²) in [5, 5.41) is 0. The normalized spacial score (nSPS) is 21.2. The average molecular weight is 380 g/mol. The minimum atomic E-state index is -0.118. The summed E-state index contributed by atoms with van der Waals surface area (Å²) in [6.45, 7) is 8.32. The van der Waals surface area contributed by atoms with Crippen molar-refractivity contribution in [2.24, 2.45) is 5.41 Å². The third kappa shape index (κ3) is 5.68. The fourth-order valence-electron chi connectivity index (χ4n) is 4.59. The van der Waals surface area contributed by atoms with Crippen LogP contribution in [0, 0.1) is 5.41 Å². The first kappa shape index (κ1) is 20.6.